The summed E-state index contributed by atoms with van der Waals surface area (Å²) in [5, 5.41) is 8.53. The van der Waals surface area contributed by atoms with Gasteiger partial charge in [0.25, 0.3) is 0 Å². The number of methoxy groups -OCH3 is 2. The molecule has 4 aromatic heterocycles. The third-order valence-electron chi connectivity index (χ3n) is 5.44. The monoisotopic (exact) mass is 553 g/mol. The van der Waals surface area contributed by atoms with Gasteiger partial charge in [0.05, 0.1) is 36.1 Å². The number of ether oxygens (including phenoxy) is 2. The van der Waals surface area contributed by atoms with Gasteiger partial charge in [-0.15, -0.1) is 10.2 Å². The van der Waals surface area contributed by atoms with E-state index in [0.717, 1.165) is 0 Å². The number of nitrogens with zero attached hydrogens (tertiary/aromatic N) is 5. The Hall–Kier alpha value is -4.49. The third-order valence-corrected chi connectivity index (χ3v) is 6.86. The molecule has 0 saturated carbocycles. The first-order chi connectivity index (χ1) is 18.3. The van der Waals surface area contributed by atoms with Crippen molar-refractivity contribution in [2.75, 3.05) is 18.9 Å². The standard InChI is InChI=1S/C24H20ClN7O5S/c1-36-18-6-4-7-19(37-2)22(18)32-17-11-20(31-38(34,35)13-15-10-9-14(25)12-26-15)29-30-23(17)28-24(32)16-5-3-8-21(33)27-16/h3-12H,13H2,1-2H3,(H,27,33)(H,29,31). The van der Waals surface area contributed by atoms with Crippen LogP contribution >= 0.6 is 11.6 Å². The molecule has 0 unspecified atom stereocenters. The van der Waals surface area contributed by atoms with Crippen molar-refractivity contribution >= 4 is 38.6 Å². The summed E-state index contributed by atoms with van der Waals surface area (Å²) in [6.07, 6.45) is 1.37. The van der Waals surface area contributed by atoms with Gasteiger partial charge in [-0.2, -0.15) is 0 Å². The number of pyridine rings is 2. The van der Waals surface area contributed by atoms with Gasteiger partial charge in [-0.1, -0.05) is 23.7 Å². The third kappa shape index (κ3) is 5.01. The molecule has 1 aromatic carbocycles. The highest BCUT2D eigenvalue weighted by Crippen LogP contribution is 2.38. The first-order valence-electron chi connectivity index (χ1n) is 11.1. The zero-order valence-electron chi connectivity index (χ0n) is 20.0. The number of para-hydroxylation sites is 1. The number of nitrogens with one attached hydrogen (secondary N) is 2. The Morgan fingerprint density at radius 2 is 1.76 bits per heavy atom. The highest BCUT2D eigenvalue weighted by Gasteiger charge is 2.23. The maximum Gasteiger partial charge on any atom is 0.248 e. The topological polar surface area (TPSA) is 154 Å². The highest BCUT2D eigenvalue weighted by atomic mass is 35.5. The lowest BCUT2D eigenvalue weighted by atomic mass is 10.2. The van der Waals surface area contributed by atoms with Crippen LogP contribution in [-0.4, -0.2) is 52.4 Å². The number of rotatable bonds is 8. The van der Waals surface area contributed by atoms with Crippen molar-refractivity contribution in [3.8, 4) is 28.7 Å². The van der Waals surface area contributed by atoms with Crippen LogP contribution in [0, 0.1) is 0 Å². The van der Waals surface area contributed by atoms with Gasteiger partial charge < -0.3 is 14.5 Å². The molecule has 194 valence electrons. The fourth-order valence-corrected chi connectivity index (χ4v) is 5.02. The summed E-state index contributed by atoms with van der Waals surface area (Å²) in [5.74, 6) is 0.738. The molecule has 0 saturated heterocycles. The number of sulfonamides is 1. The van der Waals surface area contributed by atoms with Crippen LogP contribution in [0.25, 0.3) is 28.4 Å². The molecule has 12 nitrogen and oxygen atoms in total. The van der Waals surface area contributed by atoms with E-state index >= 15 is 0 Å². The van der Waals surface area contributed by atoms with Gasteiger partial charge in [-0.05, 0) is 30.3 Å². The second kappa shape index (κ2) is 10.1. The SMILES string of the molecule is COc1cccc(OC)c1-n1c(-c2cccc(=O)[nH]2)nc2nnc(NS(=O)(=O)Cc3ccc(Cl)cn3)cc21. The number of anilines is 1. The van der Waals surface area contributed by atoms with Gasteiger partial charge in [0.15, 0.2) is 11.6 Å². The van der Waals surface area contributed by atoms with Gasteiger partial charge in [0.1, 0.15) is 22.9 Å². The molecule has 5 aromatic rings. The zero-order chi connectivity index (χ0) is 26.9. The largest absolute Gasteiger partial charge is 0.494 e. The van der Waals surface area contributed by atoms with E-state index < -0.39 is 15.8 Å². The zero-order valence-corrected chi connectivity index (χ0v) is 21.6. The van der Waals surface area contributed by atoms with Crippen molar-refractivity contribution in [3.05, 3.63) is 81.9 Å². The van der Waals surface area contributed by atoms with E-state index in [1.54, 1.807) is 41.0 Å². The number of fused-ring (bicyclic) bond motifs is 1. The maximum absolute atomic E-state index is 12.9. The lowest BCUT2D eigenvalue weighted by molar-refractivity contribution is 0.391. The maximum atomic E-state index is 12.9. The average molecular weight is 554 g/mol. The Kier molecular flexibility index (Phi) is 6.70. The number of halogens is 1. The second-order valence-corrected chi connectivity index (χ2v) is 10.1. The fourth-order valence-electron chi connectivity index (χ4n) is 3.85. The van der Waals surface area contributed by atoms with Crippen molar-refractivity contribution in [2.24, 2.45) is 0 Å². The van der Waals surface area contributed by atoms with E-state index in [1.807, 2.05) is 0 Å². The van der Waals surface area contributed by atoms with Crippen LogP contribution in [0.1, 0.15) is 5.69 Å². The van der Waals surface area contributed by atoms with Crippen LogP contribution in [0.5, 0.6) is 11.5 Å². The normalized spacial score (nSPS) is 11.4. The smallest absolute Gasteiger partial charge is 0.248 e. The van der Waals surface area contributed by atoms with Crippen molar-refractivity contribution < 1.29 is 17.9 Å². The summed E-state index contributed by atoms with van der Waals surface area (Å²) in [4.78, 5) is 23.5. The highest BCUT2D eigenvalue weighted by molar-refractivity contribution is 7.91. The molecule has 0 fully saturated rings. The Labute approximate surface area is 221 Å². The summed E-state index contributed by atoms with van der Waals surface area (Å²) in [7, 11) is -0.897. The molecule has 0 spiro atoms. The Morgan fingerprint density at radius 1 is 1.03 bits per heavy atom. The summed E-state index contributed by atoms with van der Waals surface area (Å²) in [6.45, 7) is 0. The molecule has 0 aliphatic carbocycles. The molecule has 0 aliphatic rings. The van der Waals surface area contributed by atoms with Gasteiger partial charge in [-0.25, -0.2) is 13.4 Å². The number of imidazole rings is 1. The predicted octanol–water partition coefficient (Wildman–Crippen LogP) is 3.18. The lowest BCUT2D eigenvalue weighted by Crippen LogP contribution is -2.17. The van der Waals surface area contributed by atoms with Crippen molar-refractivity contribution in [1.82, 2.24) is 29.7 Å². The van der Waals surface area contributed by atoms with Crippen molar-refractivity contribution in [2.45, 2.75) is 5.75 Å². The van der Waals surface area contributed by atoms with Crippen LogP contribution in [-0.2, 0) is 15.8 Å². The van der Waals surface area contributed by atoms with Gasteiger partial charge in [0.2, 0.25) is 21.2 Å². The quantitative estimate of drug-likeness (QED) is 0.295. The lowest BCUT2D eigenvalue weighted by Gasteiger charge is -2.16. The van der Waals surface area contributed by atoms with Crippen molar-refractivity contribution in [1.29, 1.82) is 0 Å². The van der Waals surface area contributed by atoms with E-state index in [4.69, 9.17) is 21.1 Å². The minimum atomic E-state index is -3.91. The van der Waals surface area contributed by atoms with Crippen molar-refractivity contribution in [3.63, 3.8) is 0 Å². The van der Waals surface area contributed by atoms with E-state index in [0.29, 0.717) is 44.9 Å². The average Bonchev–Trinajstić information content (AvgIpc) is 3.27. The predicted molar refractivity (Wildman–Crippen MR) is 141 cm³/mol. The summed E-state index contributed by atoms with van der Waals surface area (Å²) in [6, 6.07) is 14.4. The molecule has 14 heteroatoms. The number of benzene rings is 1. The molecular formula is C24H20ClN7O5S. The molecule has 0 bridgehead atoms. The summed E-state index contributed by atoms with van der Waals surface area (Å²) >= 11 is 5.84. The first kappa shape index (κ1) is 25.2. The van der Waals surface area contributed by atoms with E-state index in [2.05, 4.69) is 29.9 Å². The molecule has 0 aliphatic heterocycles. The van der Waals surface area contributed by atoms with Crippen LogP contribution in [0.15, 0.2) is 65.6 Å². The second-order valence-electron chi connectivity index (χ2n) is 7.98. The molecule has 5 rings (SSSR count). The number of aromatic amines is 1. The Morgan fingerprint density at radius 3 is 2.42 bits per heavy atom. The molecule has 0 radical (unpaired) electrons. The van der Waals surface area contributed by atoms with Crippen LogP contribution < -0.4 is 19.8 Å². The molecule has 2 N–H and O–H groups in total. The fraction of sp³-hybridized carbons (Fsp3) is 0.125. The molecular weight excluding hydrogens is 534 g/mol. The Bertz CT molecular complexity index is 1780. The molecule has 38 heavy (non-hydrogen) atoms. The van der Waals surface area contributed by atoms with Crippen LogP contribution in [0.2, 0.25) is 5.02 Å². The van der Waals surface area contributed by atoms with Gasteiger partial charge in [-0.3, -0.25) is 19.1 Å². The first-order valence-corrected chi connectivity index (χ1v) is 13.1. The number of hydrogen-bond donors (Lipinski definition) is 2. The van der Waals surface area contributed by atoms with E-state index in [9.17, 15) is 13.2 Å². The van der Waals surface area contributed by atoms with Crippen LogP contribution in [0.3, 0.4) is 0 Å². The minimum absolute atomic E-state index is 0.0467. The van der Waals surface area contributed by atoms with Crippen LogP contribution in [0.4, 0.5) is 5.82 Å². The molecule has 4 heterocycles. The Balaban J connectivity index is 1.67. The van der Waals surface area contributed by atoms with E-state index in [-0.39, 0.29) is 17.0 Å². The van der Waals surface area contributed by atoms with E-state index in [1.165, 1.54) is 38.6 Å². The van der Waals surface area contributed by atoms with Gasteiger partial charge >= 0.3 is 0 Å². The molecule has 0 atom stereocenters. The van der Waals surface area contributed by atoms with Gasteiger partial charge in [0, 0.05) is 18.3 Å². The summed E-state index contributed by atoms with van der Waals surface area (Å²) in [5.41, 5.74) is 1.40. The molecule has 0 amide bonds. The number of H-pyrrole nitrogens is 1. The summed E-state index contributed by atoms with van der Waals surface area (Å²) < 4.78 is 41.0. The number of hydrogen-bond acceptors (Lipinski definition) is 9. The number of aromatic nitrogens is 6. The minimum Gasteiger partial charge on any atom is -0.494 e.